The van der Waals surface area contributed by atoms with Crippen LogP contribution >= 0.6 is 0 Å². The molecule has 0 saturated heterocycles. The van der Waals surface area contributed by atoms with Crippen molar-refractivity contribution >= 4 is 16.8 Å². The van der Waals surface area contributed by atoms with Gasteiger partial charge in [0.05, 0.1) is 28.3 Å². The number of nitrogens with one attached hydrogen (secondary N) is 1. The number of carbonyl (C=O) groups is 1. The summed E-state index contributed by atoms with van der Waals surface area (Å²) in [5.74, 6) is 1.87. The Morgan fingerprint density at radius 2 is 1.88 bits per heavy atom. The van der Waals surface area contributed by atoms with Crippen LogP contribution in [0, 0.1) is 25.1 Å². The molecule has 4 aromatic rings. The number of terminal acetylenes is 1. The number of aryl methyl sites for hydroxylation is 1. The number of hydrogen-bond donors (Lipinski definition) is 1. The van der Waals surface area contributed by atoms with Gasteiger partial charge in [0, 0.05) is 18.0 Å². The van der Waals surface area contributed by atoms with Gasteiger partial charge in [-0.25, -0.2) is 14.4 Å². The molecule has 1 N–H and O–H groups in total. The first-order valence-corrected chi connectivity index (χ1v) is 9.77. The summed E-state index contributed by atoms with van der Waals surface area (Å²) in [5, 5.41) is 3.09. The molecule has 0 fully saturated rings. The highest BCUT2D eigenvalue weighted by atomic mass is 19.1. The quantitative estimate of drug-likeness (QED) is 0.506. The first-order valence-electron chi connectivity index (χ1n) is 9.77. The molecule has 0 unspecified atom stereocenters. The van der Waals surface area contributed by atoms with Crippen LogP contribution in [0.3, 0.4) is 0 Å². The second kappa shape index (κ2) is 8.40. The van der Waals surface area contributed by atoms with Gasteiger partial charge in [-0.2, -0.15) is 0 Å². The topological polar surface area (TPSA) is 89.8 Å². The number of rotatable bonds is 4. The molecular weight excluding hydrogens is 409 g/mol. The van der Waals surface area contributed by atoms with Gasteiger partial charge in [-0.1, -0.05) is 12.0 Å². The fourth-order valence-electron chi connectivity index (χ4n) is 3.46. The molecule has 0 bridgehead atoms. The Bertz CT molecular complexity index is 1440. The van der Waals surface area contributed by atoms with E-state index in [1.165, 1.54) is 41.2 Å². The molecule has 1 amide bonds. The van der Waals surface area contributed by atoms with Crippen molar-refractivity contribution in [2.45, 2.75) is 19.9 Å². The van der Waals surface area contributed by atoms with E-state index in [2.05, 4.69) is 26.2 Å². The van der Waals surface area contributed by atoms with Gasteiger partial charge in [0.15, 0.2) is 0 Å². The van der Waals surface area contributed by atoms with Crippen molar-refractivity contribution in [1.29, 1.82) is 0 Å². The number of benzene rings is 2. The van der Waals surface area contributed by atoms with E-state index in [0.29, 0.717) is 22.5 Å². The summed E-state index contributed by atoms with van der Waals surface area (Å²) in [6, 6.07) is 9.77. The molecule has 1 atom stereocenters. The van der Waals surface area contributed by atoms with Gasteiger partial charge in [-0.15, -0.1) is 6.42 Å². The normalized spacial score (nSPS) is 11.7. The van der Waals surface area contributed by atoms with Crippen molar-refractivity contribution in [3.05, 3.63) is 93.8 Å². The van der Waals surface area contributed by atoms with Gasteiger partial charge in [0.1, 0.15) is 17.3 Å². The highest BCUT2D eigenvalue weighted by Gasteiger charge is 2.22. The van der Waals surface area contributed by atoms with Gasteiger partial charge >= 0.3 is 0 Å². The summed E-state index contributed by atoms with van der Waals surface area (Å²) >= 11 is 0. The third-order valence-electron chi connectivity index (χ3n) is 5.00. The zero-order chi connectivity index (χ0) is 22.8. The Kier molecular flexibility index (Phi) is 5.48. The monoisotopic (exact) mass is 427 g/mol. The molecule has 0 spiro atoms. The van der Waals surface area contributed by atoms with Crippen LogP contribution in [-0.4, -0.2) is 25.4 Å². The van der Waals surface area contributed by atoms with E-state index in [9.17, 15) is 14.0 Å². The summed E-state index contributed by atoms with van der Waals surface area (Å²) in [4.78, 5) is 39.1. The molecule has 8 heteroatoms. The van der Waals surface area contributed by atoms with Crippen molar-refractivity contribution in [3.63, 3.8) is 0 Å². The minimum Gasteiger partial charge on any atom is -0.341 e. The predicted molar refractivity (Wildman–Crippen MR) is 118 cm³/mol. The van der Waals surface area contributed by atoms with E-state index >= 15 is 0 Å². The molecule has 2 heterocycles. The van der Waals surface area contributed by atoms with Crippen molar-refractivity contribution in [2.24, 2.45) is 0 Å². The smallest absolute Gasteiger partial charge is 0.272 e. The van der Waals surface area contributed by atoms with Crippen molar-refractivity contribution in [3.8, 4) is 18.0 Å². The lowest BCUT2D eigenvalue weighted by atomic mass is 10.1. The summed E-state index contributed by atoms with van der Waals surface area (Å²) < 4.78 is 14.9. The number of aromatic nitrogens is 4. The van der Waals surface area contributed by atoms with Gasteiger partial charge < -0.3 is 5.32 Å². The van der Waals surface area contributed by atoms with E-state index in [1.807, 2.05) is 0 Å². The maximum absolute atomic E-state index is 13.5. The van der Waals surface area contributed by atoms with Gasteiger partial charge in [-0.3, -0.25) is 19.1 Å². The number of halogens is 1. The second-order valence-electron chi connectivity index (χ2n) is 7.12. The molecule has 2 aromatic carbocycles. The van der Waals surface area contributed by atoms with E-state index in [-0.39, 0.29) is 16.9 Å². The van der Waals surface area contributed by atoms with Crippen molar-refractivity contribution in [2.75, 3.05) is 0 Å². The summed E-state index contributed by atoms with van der Waals surface area (Å²) in [7, 11) is 0. The van der Waals surface area contributed by atoms with Crippen molar-refractivity contribution < 1.29 is 9.18 Å². The van der Waals surface area contributed by atoms with Gasteiger partial charge in [0.25, 0.3) is 11.5 Å². The third kappa shape index (κ3) is 3.72. The van der Waals surface area contributed by atoms with Crippen LogP contribution in [0.1, 0.15) is 40.5 Å². The number of amides is 1. The lowest BCUT2D eigenvalue weighted by molar-refractivity contribution is 0.0931. The standard InChI is InChI=1S/C24H18FN5O2/c1-4-16-6-5-7-19-20(16)24(32)30(18-10-8-17(25)9-11-18)22(29-19)15(3)28-23(31)21-14(2)26-12-13-27-21/h1,5-13,15H,2-3H3,(H,28,31)/t15-/m1/s1. The molecule has 32 heavy (non-hydrogen) atoms. The van der Waals surface area contributed by atoms with E-state index in [0.717, 1.165) is 0 Å². The molecule has 158 valence electrons. The largest absolute Gasteiger partial charge is 0.341 e. The van der Waals surface area contributed by atoms with Crippen LogP contribution in [0.5, 0.6) is 0 Å². The van der Waals surface area contributed by atoms with Crippen LogP contribution in [-0.2, 0) is 0 Å². The summed E-state index contributed by atoms with van der Waals surface area (Å²) in [6.45, 7) is 3.37. The highest BCUT2D eigenvalue weighted by Crippen LogP contribution is 2.20. The first-order chi connectivity index (χ1) is 15.4. The average molecular weight is 427 g/mol. The van der Waals surface area contributed by atoms with E-state index in [4.69, 9.17) is 6.42 Å². The molecule has 2 aromatic heterocycles. The number of hydrogen-bond acceptors (Lipinski definition) is 5. The minimum absolute atomic E-state index is 0.172. The lowest BCUT2D eigenvalue weighted by Gasteiger charge is -2.20. The van der Waals surface area contributed by atoms with E-state index < -0.39 is 23.3 Å². The zero-order valence-corrected chi connectivity index (χ0v) is 17.3. The summed E-state index contributed by atoms with van der Waals surface area (Å²) in [5.41, 5.74) is 1.42. The number of carbonyl (C=O) groups excluding carboxylic acids is 1. The second-order valence-corrected chi connectivity index (χ2v) is 7.12. The average Bonchev–Trinajstić information content (AvgIpc) is 2.79. The van der Waals surface area contributed by atoms with Gasteiger partial charge in [0.2, 0.25) is 0 Å². The maximum Gasteiger partial charge on any atom is 0.272 e. The molecule has 0 aliphatic rings. The van der Waals surface area contributed by atoms with Crippen LogP contribution in [0.4, 0.5) is 4.39 Å². The molecule has 0 radical (unpaired) electrons. The lowest BCUT2D eigenvalue weighted by Crippen LogP contribution is -2.34. The number of nitrogens with zero attached hydrogens (tertiary/aromatic N) is 4. The van der Waals surface area contributed by atoms with Gasteiger partial charge in [-0.05, 0) is 50.2 Å². The molecule has 0 aliphatic carbocycles. The first kappa shape index (κ1) is 20.9. The Hall–Kier alpha value is -4.38. The Labute approximate surface area is 183 Å². The minimum atomic E-state index is -0.694. The third-order valence-corrected chi connectivity index (χ3v) is 5.00. The van der Waals surface area contributed by atoms with Crippen LogP contribution in [0.2, 0.25) is 0 Å². The highest BCUT2D eigenvalue weighted by molar-refractivity contribution is 5.93. The molecule has 0 aliphatic heterocycles. The van der Waals surface area contributed by atoms with Crippen LogP contribution in [0.15, 0.2) is 59.7 Å². The van der Waals surface area contributed by atoms with Crippen molar-refractivity contribution in [1.82, 2.24) is 24.8 Å². The maximum atomic E-state index is 13.5. The SMILES string of the molecule is C#Cc1cccc2nc([C@@H](C)NC(=O)c3nccnc3C)n(-c3ccc(F)cc3)c(=O)c12. The van der Waals surface area contributed by atoms with Crippen LogP contribution in [0.25, 0.3) is 16.6 Å². The summed E-state index contributed by atoms with van der Waals surface area (Å²) in [6.07, 6.45) is 8.51. The predicted octanol–water partition coefficient (Wildman–Crippen LogP) is 3.10. The molecule has 7 nitrogen and oxygen atoms in total. The number of fused-ring (bicyclic) bond motifs is 1. The Balaban J connectivity index is 1.89. The van der Waals surface area contributed by atoms with E-state index in [1.54, 1.807) is 32.0 Å². The molecular formula is C24H18FN5O2. The Morgan fingerprint density at radius 3 is 2.56 bits per heavy atom. The Morgan fingerprint density at radius 1 is 1.16 bits per heavy atom. The fourth-order valence-corrected chi connectivity index (χ4v) is 3.46. The molecule has 0 saturated carbocycles. The molecule has 4 rings (SSSR count). The fraction of sp³-hybridized carbons (Fsp3) is 0.125. The van der Waals surface area contributed by atoms with Crippen LogP contribution < -0.4 is 10.9 Å². The zero-order valence-electron chi connectivity index (χ0n) is 17.3.